The molecule has 90 valence electrons. The van der Waals surface area contributed by atoms with Crippen molar-refractivity contribution in [2.45, 2.75) is 38.8 Å². The van der Waals surface area contributed by atoms with Crippen LogP contribution in [-0.2, 0) is 0 Å². The quantitative estimate of drug-likeness (QED) is 0.877. The number of likely N-dealkylation sites (tertiary alicyclic amines) is 1. The predicted octanol–water partition coefficient (Wildman–Crippen LogP) is 2.87. The van der Waals surface area contributed by atoms with E-state index in [-0.39, 0.29) is 0 Å². The first-order valence-electron chi connectivity index (χ1n) is 6.23. The first-order valence-corrected chi connectivity index (χ1v) is 7.11. The predicted molar refractivity (Wildman–Crippen MR) is 70.7 cm³/mol. The molecule has 0 radical (unpaired) electrons. The van der Waals surface area contributed by atoms with Gasteiger partial charge in [-0.3, -0.25) is 4.90 Å². The van der Waals surface area contributed by atoms with Gasteiger partial charge in [0.15, 0.2) is 0 Å². The Morgan fingerprint density at radius 1 is 1.56 bits per heavy atom. The smallest absolute Gasteiger partial charge is 0.0566 e. The second-order valence-electron chi connectivity index (χ2n) is 4.86. The van der Waals surface area contributed by atoms with Crippen LogP contribution in [0.5, 0.6) is 0 Å². The monoisotopic (exact) mass is 238 g/mol. The van der Waals surface area contributed by atoms with Gasteiger partial charge in [0.2, 0.25) is 0 Å². The molecule has 3 heteroatoms. The Bertz CT molecular complexity index is 310. The molecule has 1 fully saturated rings. The fourth-order valence-corrected chi connectivity index (χ4v) is 3.56. The van der Waals surface area contributed by atoms with Gasteiger partial charge in [0, 0.05) is 17.5 Å². The minimum absolute atomic E-state index is 0.428. The molecule has 0 aliphatic carbocycles. The normalized spacial score (nSPS) is 29.2. The molecule has 0 saturated carbocycles. The maximum absolute atomic E-state index is 5.97. The Kier molecular flexibility index (Phi) is 4.00. The van der Waals surface area contributed by atoms with Gasteiger partial charge < -0.3 is 5.73 Å². The van der Waals surface area contributed by atoms with Crippen molar-refractivity contribution in [3.05, 3.63) is 22.4 Å². The van der Waals surface area contributed by atoms with Gasteiger partial charge >= 0.3 is 0 Å². The molecule has 3 atom stereocenters. The maximum atomic E-state index is 5.97. The van der Waals surface area contributed by atoms with Crippen LogP contribution < -0.4 is 5.73 Å². The van der Waals surface area contributed by atoms with E-state index < -0.39 is 0 Å². The summed E-state index contributed by atoms with van der Waals surface area (Å²) in [7, 11) is 0. The summed E-state index contributed by atoms with van der Waals surface area (Å²) < 4.78 is 0. The summed E-state index contributed by atoms with van der Waals surface area (Å²) in [6.45, 7) is 6.64. The van der Waals surface area contributed by atoms with E-state index in [9.17, 15) is 0 Å². The van der Waals surface area contributed by atoms with Crippen molar-refractivity contribution >= 4 is 11.3 Å². The van der Waals surface area contributed by atoms with Crippen LogP contribution in [-0.4, -0.2) is 24.0 Å². The van der Waals surface area contributed by atoms with Crippen LogP contribution in [0.25, 0.3) is 0 Å². The lowest BCUT2D eigenvalue weighted by Gasteiger charge is -2.42. The summed E-state index contributed by atoms with van der Waals surface area (Å²) in [5, 5.41) is 2.15. The Hall–Kier alpha value is -0.380. The van der Waals surface area contributed by atoms with Crippen LogP contribution in [0.1, 0.15) is 37.6 Å². The fraction of sp³-hybridized carbons (Fsp3) is 0.692. The van der Waals surface area contributed by atoms with Crippen molar-refractivity contribution < 1.29 is 0 Å². The van der Waals surface area contributed by atoms with Crippen molar-refractivity contribution in [2.24, 2.45) is 11.7 Å². The number of hydrogen-bond acceptors (Lipinski definition) is 3. The molecule has 1 saturated heterocycles. The van der Waals surface area contributed by atoms with E-state index in [2.05, 4.69) is 36.3 Å². The molecule has 0 aromatic carbocycles. The molecule has 1 aliphatic rings. The molecular formula is C13H22N2S. The van der Waals surface area contributed by atoms with Gasteiger partial charge in [-0.15, -0.1) is 11.3 Å². The van der Waals surface area contributed by atoms with E-state index in [0.29, 0.717) is 12.1 Å². The van der Waals surface area contributed by atoms with Crippen molar-refractivity contribution in [1.82, 2.24) is 4.90 Å². The number of nitrogens with two attached hydrogens (primary N) is 1. The topological polar surface area (TPSA) is 29.3 Å². The van der Waals surface area contributed by atoms with Crippen LogP contribution in [0.2, 0.25) is 0 Å². The third kappa shape index (κ3) is 2.31. The lowest BCUT2D eigenvalue weighted by molar-refractivity contribution is 0.0724. The molecule has 1 aromatic heterocycles. The molecule has 0 spiro atoms. The van der Waals surface area contributed by atoms with Crippen molar-refractivity contribution in [3.63, 3.8) is 0 Å². The van der Waals surface area contributed by atoms with E-state index in [0.717, 1.165) is 12.5 Å². The minimum atomic E-state index is 0.428. The lowest BCUT2D eigenvalue weighted by Crippen LogP contribution is -2.46. The highest BCUT2D eigenvalue weighted by atomic mass is 32.1. The number of hydrogen-bond donors (Lipinski definition) is 1. The van der Waals surface area contributed by atoms with Crippen LogP contribution >= 0.6 is 11.3 Å². The Morgan fingerprint density at radius 3 is 3.00 bits per heavy atom. The number of piperidine rings is 1. The van der Waals surface area contributed by atoms with Crippen LogP contribution in [0.3, 0.4) is 0 Å². The van der Waals surface area contributed by atoms with Crippen LogP contribution in [0.15, 0.2) is 17.5 Å². The summed E-state index contributed by atoms with van der Waals surface area (Å²) in [6.07, 6.45) is 2.67. The van der Waals surface area contributed by atoms with Gasteiger partial charge in [-0.2, -0.15) is 0 Å². The SMILES string of the molecule is CC1CCCN(C(CN)c2cccs2)C1C. The molecule has 0 amide bonds. The zero-order chi connectivity index (χ0) is 11.5. The highest BCUT2D eigenvalue weighted by molar-refractivity contribution is 7.10. The maximum Gasteiger partial charge on any atom is 0.0566 e. The second-order valence-corrected chi connectivity index (χ2v) is 5.84. The summed E-state index contributed by atoms with van der Waals surface area (Å²) >= 11 is 1.83. The molecule has 16 heavy (non-hydrogen) atoms. The van der Waals surface area contributed by atoms with Gasteiger partial charge in [-0.05, 0) is 43.7 Å². The van der Waals surface area contributed by atoms with Gasteiger partial charge in [0.25, 0.3) is 0 Å². The van der Waals surface area contributed by atoms with E-state index >= 15 is 0 Å². The summed E-state index contributed by atoms with van der Waals surface area (Å²) in [5.41, 5.74) is 5.97. The van der Waals surface area contributed by atoms with E-state index in [4.69, 9.17) is 5.73 Å². The van der Waals surface area contributed by atoms with Crippen molar-refractivity contribution in [2.75, 3.05) is 13.1 Å². The third-order valence-corrected chi connectivity index (χ3v) is 4.89. The zero-order valence-corrected chi connectivity index (χ0v) is 11.0. The average Bonchev–Trinajstić information content (AvgIpc) is 2.79. The molecule has 2 N–H and O–H groups in total. The van der Waals surface area contributed by atoms with E-state index in [1.807, 2.05) is 11.3 Å². The fourth-order valence-electron chi connectivity index (χ4n) is 2.70. The van der Waals surface area contributed by atoms with Crippen molar-refractivity contribution in [3.8, 4) is 0 Å². The second kappa shape index (κ2) is 5.30. The molecule has 0 bridgehead atoms. The molecule has 1 aliphatic heterocycles. The molecule has 2 nitrogen and oxygen atoms in total. The third-order valence-electron chi connectivity index (χ3n) is 3.92. The van der Waals surface area contributed by atoms with Crippen LogP contribution in [0.4, 0.5) is 0 Å². The first-order chi connectivity index (χ1) is 7.74. The lowest BCUT2D eigenvalue weighted by atomic mass is 9.90. The van der Waals surface area contributed by atoms with Crippen molar-refractivity contribution in [1.29, 1.82) is 0 Å². The highest BCUT2D eigenvalue weighted by Crippen LogP contribution is 2.32. The number of rotatable bonds is 3. The summed E-state index contributed by atoms with van der Waals surface area (Å²) in [5.74, 6) is 0.794. The van der Waals surface area contributed by atoms with E-state index in [1.165, 1.54) is 24.3 Å². The average molecular weight is 238 g/mol. The first kappa shape index (κ1) is 12.1. The molecule has 2 heterocycles. The Balaban J connectivity index is 2.14. The van der Waals surface area contributed by atoms with E-state index in [1.54, 1.807) is 0 Å². The van der Waals surface area contributed by atoms with Gasteiger partial charge in [0.05, 0.1) is 6.04 Å². The Labute approximate surface area is 102 Å². The highest BCUT2D eigenvalue weighted by Gasteiger charge is 2.30. The van der Waals surface area contributed by atoms with Gasteiger partial charge in [0.1, 0.15) is 0 Å². The molecule has 3 unspecified atom stereocenters. The molecule has 2 rings (SSSR count). The summed E-state index contributed by atoms with van der Waals surface area (Å²) in [4.78, 5) is 4.02. The zero-order valence-electron chi connectivity index (χ0n) is 10.2. The number of nitrogens with zero attached hydrogens (tertiary/aromatic N) is 1. The van der Waals surface area contributed by atoms with Gasteiger partial charge in [-0.1, -0.05) is 13.0 Å². The molecule has 1 aromatic rings. The minimum Gasteiger partial charge on any atom is -0.329 e. The van der Waals surface area contributed by atoms with Crippen LogP contribution in [0, 0.1) is 5.92 Å². The molecular weight excluding hydrogens is 216 g/mol. The standard InChI is InChI=1S/C13H22N2S/c1-10-5-3-7-15(11(10)2)12(9-14)13-6-4-8-16-13/h4,6,8,10-12H,3,5,7,9,14H2,1-2H3. The summed E-state index contributed by atoms with van der Waals surface area (Å²) in [6, 6.07) is 5.43. The Morgan fingerprint density at radius 2 is 2.38 bits per heavy atom. The van der Waals surface area contributed by atoms with Gasteiger partial charge in [-0.25, -0.2) is 0 Å². The number of thiophene rings is 1. The largest absolute Gasteiger partial charge is 0.329 e.